The summed E-state index contributed by atoms with van der Waals surface area (Å²) in [6.45, 7) is 2.39. The number of halogens is 3. The van der Waals surface area contributed by atoms with Gasteiger partial charge in [-0.2, -0.15) is 9.78 Å². The zero-order valence-electron chi connectivity index (χ0n) is 17.4. The highest BCUT2D eigenvalue weighted by atomic mass is 19.4. The number of aromatic nitrogens is 3. The molecule has 12 heteroatoms. The monoisotopic (exact) mass is 461 g/mol. The molecule has 0 radical (unpaired) electrons. The zero-order valence-corrected chi connectivity index (χ0v) is 17.4. The summed E-state index contributed by atoms with van der Waals surface area (Å²) in [4.78, 5) is 40.2. The van der Waals surface area contributed by atoms with Crippen LogP contribution in [0.25, 0.3) is 11.3 Å². The molecule has 2 N–H and O–H groups in total. The molecule has 3 rings (SSSR count). The third kappa shape index (κ3) is 5.93. The van der Waals surface area contributed by atoms with E-state index in [4.69, 9.17) is 0 Å². The second-order valence-electron chi connectivity index (χ2n) is 6.76. The molecule has 0 aliphatic rings. The lowest BCUT2D eigenvalue weighted by atomic mass is 10.1. The molecular formula is C21H18F3N5O4. The maximum Gasteiger partial charge on any atom is 0.573 e. The van der Waals surface area contributed by atoms with Gasteiger partial charge in [-0.3, -0.25) is 14.4 Å². The van der Waals surface area contributed by atoms with Crippen LogP contribution in [-0.2, 0) is 11.3 Å². The maximum atomic E-state index is 12.6. The maximum absolute atomic E-state index is 12.6. The second-order valence-corrected chi connectivity index (χ2v) is 6.76. The molecule has 0 saturated carbocycles. The number of alkyl halides is 3. The minimum absolute atomic E-state index is 0.192. The van der Waals surface area contributed by atoms with Crippen molar-refractivity contribution in [3.8, 4) is 17.0 Å². The van der Waals surface area contributed by atoms with Crippen molar-refractivity contribution in [1.29, 1.82) is 0 Å². The van der Waals surface area contributed by atoms with Crippen LogP contribution >= 0.6 is 0 Å². The number of ether oxygens (including phenoxy) is 1. The Kier molecular flexibility index (Phi) is 6.75. The highest BCUT2D eigenvalue weighted by molar-refractivity contribution is 5.97. The predicted octanol–water partition coefficient (Wildman–Crippen LogP) is 3.39. The minimum atomic E-state index is -4.96. The summed E-state index contributed by atoms with van der Waals surface area (Å²) in [6.07, 6.45) is -3.49. The number of carbonyl (C=O) groups is 3. The van der Waals surface area contributed by atoms with Gasteiger partial charge in [0, 0.05) is 25.6 Å². The van der Waals surface area contributed by atoms with Crippen LogP contribution in [0.15, 0.2) is 48.7 Å². The number of pyridine rings is 1. The average Bonchev–Trinajstić information content (AvgIpc) is 3.16. The molecule has 3 aromatic rings. The molecule has 0 fully saturated rings. The van der Waals surface area contributed by atoms with E-state index in [2.05, 4.69) is 25.5 Å². The van der Waals surface area contributed by atoms with E-state index >= 15 is 0 Å². The van der Waals surface area contributed by atoms with Gasteiger partial charge in [0.2, 0.25) is 11.8 Å². The third-order valence-electron chi connectivity index (χ3n) is 4.22. The number of amides is 2. The summed E-state index contributed by atoms with van der Waals surface area (Å²) in [5.74, 6) is -2.07. The number of benzene rings is 1. The lowest BCUT2D eigenvalue weighted by Gasteiger charge is -2.12. The highest BCUT2D eigenvalue weighted by Crippen LogP contribution is 2.28. The molecular weight excluding hydrogens is 443 g/mol. The van der Waals surface area contributed by atoms with Crippen molar-refractivity contribution in [2.45, 2.75) is 26.8 Å². The van der Waals surface area contributed by atoms with Gasteiger partial charge < -0.3 is 15.4 Å². The van der Waals surface area contributed by atoms with Crippen molar-refractivity contribution >= 4 is 23.5 Å². The standard InChI is InChI=1S/C21H18F3N5O4/c1-12(30)27-19-15(7-5-9-25-19)17-10-14(28-29(17)13(2)31)11-26-20(32)16-6-3-4-8-18(16)33-21(22,23)24/h3-10H,11H2,1-2H3,(H,26,32)(H,25,27,30). The fraction of sp³-hybridized carbons (Fsp3) is 0.190. The predicted molar refractivity (Wildman–Crippen MR) is 110 cm³/mol. The van der Waals surface area contributed by atoms with Crippen LogP contribution in [0.5, 0.6) is 5.75 Å². The smallest absolute Gasteiger partial charge is 0.405 e. The van der Waals surface area contributed by atoms with Gasteiger partial charge in [-0.25, -0.2) is 4.98 Å². The van der Waals surface area contributed by atoms with E-state index in [-0.39, 0.29) is 29.5 Å². The fourth-order valence-electron chi connectivity index (χ4n) is 2.96. The zero-order chi connectivity index (χ0) is 24.2. The molecule has 172 valence electrons. The van der Waals surface area contributed by atoms with Crippen molar-refractivity contribution in [3.63, 3.8) is 0 Å². The molecule has 2 heterocycles. The van der Waals surface area contributed by atoms with Crippen molar-refractivity contribution in [2.24, 2.45) is 0 Å². The Morgan fingerprint density at radius 2 is 1.82 bits per heavy atom. The number of hydrogen-bond donors (Lipinski definition) is 2. The molecule has 0 bridgehead atoms. The first-order valence-electron chi connectivity index (χ1n) is 9.51. The summed E-state index contributed by atoms with van der Waals surface area (Å²) in [7, 11) is 0. The molecule has 0 aliphatic carbocycles. The number of hydrogen-bond acceptors (Lipinski definition) is 6. The van der Waals surface area contributed by atoms with Gasteiger partial charge in [0.05, 0.1) is 23.5 Å². The summed E-state index contributed by atoms with van der Waals surface area (Å²) in [6, 6.07) is 9.65. The molecule has 0 aliphatic heterocycles. The Morgan fingerprint density at radius 1 is 1.09 bits per heavy atom. The molecule has 2 amide bonds. The normalized spacial score (nSPS) is 11.1. The lowest BCUT2D eigenvalue weighted by molar-refractivity contribution is -0.274. The van der Waals surface area contributed by atoms with Gasteiger partial charge in [-0.05, 0) is 30.3 Å². The third-order valence-corrected chi connectivity index (χ3v) is 4.22. The minimum Gasteiger partial charge on any atom is -0.405 e. The van der Waals surface area contributed by atoms with Crippen LogP contribution in [0.3, 0.4) is 0 Å². The van der Waals surface area contributed by atoms with Gasteiger partial charge in [0.25, 0.3) is 5.91 Å². The van der Waals surface area contributed by atoms with E-state index in [0.29, 0.717) is 11.3 Å². The van der Waals surface area contributed by atoms with E-state index in [1.54, 1.807) is 12.1 Å². The summed E-state index contributed by atoms with van der Waals surface area (Å²) < 4.78 is 42.8. The summed E-state index contributed by atoms with van der Waals surface area (Å²) >= 11 is 0. The highest BCUT2D eigenvalue weighted by Gasteiger charge is 2.32. The van der Waals surface area contributed by atoms with Crippen LogP contribution in [-0.4, -0.2) is 38.8 Å². The number of anilines is 1. The molecule has 0 saturated heterocycles. The molecule has 33 heavy (non-hydrogen) atoms. The first-order chi connectivity index (χ1) is 15.5. The van der Waals surface area contributed by atoms with Crippen molar-refractivity contribution in [1.82, 2.24) is 20.1 Å². The Labute approximate surface area is 185 Å². The number of carbonyl (C=O) groups excluding carboxylic acids is 3. The van der Waals surface area contributed by atoms with Crippen molar-refractivity contribution < 1.29 is 32.3 Å². The Hall–Kier alpha value is -4.22. The molecule has 9 nitrogen and oxygen atoms in total. The topological polar surface area (TPSA) is 115 Å². The van der Waals surface area contributed by atoms with E-state index < -0.39 is 23.9 Å². The van der Waals surface area contributed by atoms with Gasteiger partial charge in [0.15, 0.2) is 0 Å². The average molecular weight is 461 g/mol. The van der Waals surface area contributed by atoms with E-state index in [1.807, 2.05) is 0 Å². The SMILES string of the molecule is CC(=O)Nc1ncccc1-c1cc(CNC(=O)c2ccccc2OC(F)(F)F)nn1C(C)=O. The molecule has 0 spiro atoms. The molecule has 0 unspecified atom stereocenters. The first kappa shape index (κ1) is 23.4. The van der Waals surface area contributed by atoms with Gasteiger partial charge >= 0.3 is 6.36 Å². The van der Waals surface area contributed by atoms with Gasteiger partial charge in [0.1, 0.15) is 11.6 Å². The van der Waals surface area contributed by atoms with Crippen LogP contribution < -0.4 is 15.4 Å². The number of rotatable bonds is 6. The van der Waals surface area contributed by atoms with Crippen molar-refractivity contribution in [2.75, 3.05) is 5.32 Å². The first-order valence-corrected chi connectivity index (χ1v) is 9.51. The second kappa shape index (κ2) is 9.51. The Morgan fingerprint density at radius 3 is 2.48 bits per heavy atom. The largest absolute Gasteiger partial charge is 0.573 e. The molecule has 0 atom stereocenters. The van der Waals surface area contributed by atoms with E-state index in [1.165, 1.54) is 44.3 Å². The van der Waals surface area contributed by atoms with Crippen molar-refractivity contribution in [3.05, 3.63) is 59.9 Å². The van der Waals surface area contributed by atoms with E-state index in [9.17, 15) is 27.6 Å². The quantitative estimate of drug-likeness (QED) is 0.582. The van der Waals surface area contributed by atoms with Crippen LogP contribution in [0.1, 0.15) is 34.7 Å². The van der Waals surface area contributed by atoms with Crippen LogP contribution in [0.2, 0.25) is 0 Å². The summed E-state index contributed by atoms with van der Waals surface area (Å²) in [5, 5.41) is 9.18. The van der Waals surface area contributed by atoms with Crippen LogP contribution in [0.4, 0.5) is 19.0 Å². The summed E-state index contributed by atoms with van der Waals surface area (Å²) in [5.41, 5.74) is 0.656. The number of nitrogens with zero attached hydrogens (tertiary/aromatic N) is 3. The Balaban J connectivity index is 1.86. The Bertz CT molecular complexity index is 1210. The van der Waals surface area contributed by atoms with E-state index in [0.717, 1.165) is 10.7 Å². The van der Waals surface area contributed by atoms with Crippen LogP contribution in [0, 0.1) is 0 Å². The molecule has 1 aromatic carbocycles. The number of para-hydroxylation sites is 1. The molecule has 2 aromatic heterocycles. The lowest BCUT2D eigenvalue weighted by Crippen LogP contribution is -2.25. The van der Waals surface area contributed by atoms with Gasteiger partial charge in [-0.15, -0.1) is 13.2 Å². The fourth-order valence-corrected chi connectivity index (χ4v) is 2.96. The number of nitrogens with one attached hydrogen (secondary N) is 2. The van der Waals surface area contributed by atoms with Gasteiger partial charge in [-0.1, -0.05) is 12.1 Å².